The van der Waals surface area contributed by atoms with Crippen molar-refractivity contribution in [2.75, 3.05) is 11.9 Å². The minimum absolute atomic E-state index is 0.0616. The first kappa shape index (κ1) is 18.9. The number of rotatable bonds is 8. The zero-order valence-corrected chi connectivity index (χ0v) is 15.0. The molecule has 4 N–H and O–H groups in total. The minimum atomic E-state index is -0.272. The van der Waals surface area contributed by atoms with Crippen molar-refractivity contribution in [1.29, 1.82) is 5.41 Å². The first-order chi connectivity index (χ1) is 12.1. The summed E-state index contributed by atoms with van der Waals surface area (Å²) in [6, 6.07) is 15.5. The van der Waals surface area contributed by atoms with Gasteiger partial charge in [-0.3, -0.25) is 4.79 Å². The minimum Gasteiger partial charge on any atom is -0.330 e. The molecule has 132 valence electrons. The number of hydrogen-bond donors (Lipinski definition) is 3. The molecule has 2 aromatic rings. The number of hydrogen-bond acceptors (Lipinski definition) is 3. The first-order valence-corrected chi connectivity index (χ1v) is 8.81. The van der Waals surface area contributed by atoms with E-state index in [9.17, 15) is 4.79 Å². The van der Waals surface area contributed by atoms with Crippen LogP contribution in [-0.2, 0) is 11.2 Å². The van der Waals surface area contributed by atoms with Gasteiger partial charge in [-0.2, -0.15) is 0 Å². The Morgan fingerprint density at radius 1 is 1.20 bits per heavy atom. The van der Waals surface area contributed by atoms with E-state index in [2.05, 4.69) is 12.2 Å². The molecule has 0 aliphatic rings. The Balaban J connectivity index is 2.23. The highest BCUT2D eigenvalue weighted by Gasteiger charge is 2.20. The van der Waals surface area contributed by atoms with Crippen molar-refractivity contribution in [3.8, 4) is 0 Å². The van der Waals surface area contributed by atoms with Crippen molar-refractivity contribution in [3.63, 3.8) is 0 Å². The quantitative estimate of drug-likeness (QED) is 0.634. The molecule has 4 nitrogen and oxygen atoms in total. The Kier molecular flexibility index (Phi) is 6.90. The van der Waals surface area contributed by atoms with Crippen LogP contribution in [0.15, 0.2) is 48.5 Å². The highest BCUT2D eigenvalue weighted by molar-refractivity contribution is 6.01. The predicted octanol–water partition coefficient (Wildman–Crippen LogP) is 4.10. The third-order valence-corrected chi connectivity index (χ3v) is 4.27. The van der Waals surface area contributed by atoms with E-state index in [0.29, 0.717) is 18.7 Å². The van der Waals surface area contributed by atoms with Gasteiger partial charge in [-0.15, -0.1) is 0 Å². The lowest BCUT2D eigenvalue weighted by molar-refractivity contribution is -0.117. The second-order valence-electron chi connectivity index (χ2n) is 6.28. The summed E-state index contributed by atoms with van der Waals surface area (Å²) in [6.45, 7) is 4.35. The summed E-state index contributed by atoms with van der Waals surface area (Å²) in [5.41, 5.74) is 9.96. The Bertz CT molecular complexity index is 725. The number of anilines is 1. The molecule has 0 aromatic heterocycles. The van der Waals surface area contributed by atoms with Crippen molar-refractivity contribution >= 4 is 17.3 Å². The van der Waals surface area contributed by atoms with Gasteiger partial charge in [-0.25, -0.2) is 0 Å². The van der Waals surface area contributed by atoms with E-state index in [4.69, 9.17) is 11.1 Å². The summed E-state index contributed by atoms with van der Waals surface area (Å²) in [7, 11) is 0. The molecule has 0 radical (unpaired) electrons. The molecule has 2 rings (SSSR count). The van der Waals surface area contributed by atoms with Gasteiger partial charge in [0.1, 0.15) is 0 Å². The molecule has 0 bridgehead atoms. The van der Waals surface area contributed by atoms with E-state index in [0.717, 1.165) is 35.2 Å². The van der Waals surface area contributed by atoms with E-state index >= 15 is 0 Å². The van der Waals surface area contributed by atoms with Gasteiger partial charge in [0.05, 0.1) is 5.92 Å². The fourth-order valence-corrected chi connectivity index (χ4v) is 3.02. The fourth-order valence-electron chi connectivity index (χ4n) is 3.02. The topological polar surface area (TPSA) is 79.0 Å². The van der Waals surface area contributed by atoms with Crippen molar-refractivity contribution in [1.82, 2.24) is 0 Å². The molecule has 0 saturated carbocycles. The van der Waals surface area contributed by atoms with E-state index in [1.165, 1.54) is 0 Å². The Morgan fingerprint density at radius 2 is 1.92 bits per heavy atom. The molecule has 0 fully saturated rings. The maximum atomic E-state index is 12.8. The third-order valence-electron chi connectivity index (χ3n) is 4.27. The summed E-state index contributed by atoms with van der Waals surface area (Å²) in [4.78, 5) is 12.8. The van der Waals surface area contributed by atoms with Gasteiger partial charge in [0.15, 0.2) is 0 Å². The molecule has 25 heavy (non-hydrogen) atoms. The highest BCUT2D eigenvalue weighted by atomic mass is 16.1. The van der Waals surface area contributed by atoms with Crippen molar-refractivity contribution in [2.45, 2.75) is 39.0 Å². The van der Waals surface area contributed by atoms with Crippen LogP contribution in [0, 0.1) is 5.41 Å². The van der Waals surface area contributed by atoms with Gasteiger partial charge >= 0.3 is 0 Å². The van der Waals surface area contributed by atoms with Crippen LogP contribution in [0.25, 0.3) is 0 Å². The number of nitrogens with two attached hydrogens (primary N) is 1. The number of carbonyl (C=O) groups excluding carboxylic acids is 1. The average molecular weight is 337 g/mol. The van der Waals surface area contributed by atoms with Crippen molar-refractivity contribution in [2.24, 2.45) is 5.73 Å². The zero-order chi connectivity index (χ0) is 18.2. The van der Waals surface area contributed by atoms with E-state index in [1.807, 2.05) is 48.5 Å². The molecular formula is C21H27N3O. The maximum Gasteiger partial charge on any atom is 0.231 e. The lowest BCUT2D eigenvalue weighted by Gasteiger charge is -2.17. The molecule has 0 spiro atoms. The first-order valence-electron chi connectivity index (χ1n) is 8.81. The number of aryl methyl sites for hydroxylation is 1. The molecule has 0 heterocycles. The summed E-state index contributed by atoms with van der Waals surface area (Å²) in [5, 5.41) is 11.0. The molecule has 1 atom stereocenters. The summed E-state index contributed by atoms with van der Waals surface area (Å²) < 4.78 is 0. The summed E-state index contributed by atoms with van der Waals surface area (Å²) >= 11 is 0. The number of carbonyl (C=O) groups is 1. The summed E-state index contributed by atoms with van der Waals surface area (Å²) in [5.74, 6) is -0.334. The molecule has 0 saturated heterocycles. The second kappa shape index (κ2) is 9.14. The predicted molar refractivity (Wildman–Crippen MR) is 104 cm³/mol. The molecule has 0 aliphatic heterocycles. The van der Waals surface area contributed by atoms with E-state index in [-0.39, 0.29) is 11.8 Å². The summed E-state index contributed by atoms with van der Waals surface area (Å²) in [6.07, 6.45) is 2.55. The lowest BCUT2D eigenvalue weighted by Crippen LogP contribution is -2.23. The van der Waals surface area contributed by atoms with Crippen molar-refractivity contribution < 1.29 is 4.79 Å². The van der Waals surface area contributed by atoms with Crippen LogP contribution in [0.4, 0.5) is 5.69 Å². The second-order valence-corrected chi connectivity index (χ2v) is 6.28. The van der Waals surface area contributed by atoms with Gasteiger partial charge in [-0.05, 0) is 49.6 Å². The standard InChI is InChI=1S/C21H27N3O/c1-3-7-16-10-11-18(14-20(16)15(2)23)24-21(25)19(12-13-22)17-8-5-4-6-9-17/h4-6,8-11,14,19,23H,3,7,12-13,22H2,1-2H3,(H,24,25). The van der Waals surface area contributed by atoms with Crippen LogP contribution in [0.5, 0.6) is 0 Å². The molecule has 1 unspecified atom stereocenters. The Hall–Kier alpha value is -2.46. The van der Waals surface area contributed by atoms with Gasteiger partial charge < -0.3 is 16.5 Å². The molecule has 1 amide bonds. The molecule has 4 heteroatoms. The lowest BCUT2D eigenvalue weighted by atomic mass is 9.94. The normalized spacial score (nSPS) is 11.8. The number of benzene rings is 2. The van der Waals surface area contributed by atoms with E-state index in [1.54, 1.807) is 6.92 Å². The van der Waals surface area contributed by atoms with Gasteiger partial charge in [0, 0.05) is 17.0 Å². The van der Waals surface area contributed by atoms with E-state index < -0.39 is 0 Å². The van der Waals surface area contributed by atoms with Crippen LogP contribution < -0.4 is 11.1 Å². The van der Waals surface area contributed by atoms with Crippen LogP contribution in [-0.4, -0.2) is 18.2 Å². The zero-order valence-electron chi connectivity index (χ0n) is 15.0. The van der Waals surface area contributed by atoms with Crippen LogP contribution in [0.3, 0.4) is 0 Å². The maximum absolute atomic E-state index is 12.8. The van der Waals surface area contributed by atoms with Crippen LogP contribution in [0.1, 0.15) is 49.3 Å². The van der Waals surface area contributed by atoms with Gasteiger partial charge in [0.25, 0.3) is 0 Å². The van der Waals surface area contributed by atoms with Gasteiger partial charge in [-0.1, -0.05) is 49.7 Å². The Morgan fingerprint density at radius 3 is 2.52 bits per heavy atom. The third kappa shape index (κ3) is 5.00. The average Bonchev–Trinajstić information content (AvgIpc) is 2.61. The molecule has 2 aromatic carbocycles. The number of nitrogens with one attached hydrogen (secondary N) is 2. The largest absolute Gasteiger partial charge is 0.330 e. The smallest absolute Gasteiger partial charge is 0.231 e. The van der Waals surface area contributed by atoms with Crippen LogP contribution in [0.2, 0.25) is 0 Å². The van der Waals surface area contributed by atoms with Gasteiger partial charge in [0.2, 0.25) is 5.91 Å². The number of amides is 1. The van der Waals surface area contributed by atoms with Crippen molar-refractivity contribution in [3.05, 3.63) is 65.2 Å². The highest BCUT2D eigenvalue weighted by Crippen LogP contribution is 2.23. The molecular weight excluding hydrogens is 310 g/mol. The SMILES string of the molecule is CCCc1ccc(NC(=O)C(CCN)c2ccccc2)cc1C(C)=N. The van der Waals surface area contributed by atoms with Crippen LogP contribution >= 0.6 is 0 Å². The Labute approximate surface area is 150 Å². The fraction of sp³-hybridized carbons (Fsp3) is 0.333. The monoisotopic (exact) mass is 337 g/mol. The molecule has 0 aliphatic carbocycles.